The van der Waals surface area contributed by atoms with Crippen molar-refractivity contribution in [2.75, 3.05) is 20.8 Å². The molecule has 144 valence electrons. The Balaban J connectivity index is 1.59. The van der Waals surface area contributed by atoms with E-state index in [0.717, 1.165) is 42.1 Å². The van der Waals surface area contributed by atoms with Crippen molar-refractivity contribution in [1.29, 1.82) is 0 Å². The van der Waals surface area contributed by atoms with E-state index < -0.39 is 0 Å². The Kier molecular flexibility index (Phi) is 5.02. The summed E-state index contributed by atoms with van der Waals surface area (Å²) in [5, 5.41) is 4.22. The minimum atomic E-state index is -0.000789. The minimum Gasteiger partial charge on any atom is -0.497 e. The zero-order chi connectivity index (χ0) is 19.5. The Morgan fingerprint density at radius 1 is 1.11 bits per heavy atom. The van der Waals surface area contributed by atoms with Gasteiger partial charge in [-0.05, 0) is 55.3 Å². The van der Waals surface area contributed by atoms with Crippen LogP contribution in [0.2, 0.25) is 0 Å². The molecule has 1 atom stereocenters. The van der Waals surface area contributed by atoms with Gasteiger partial charge in [-0.15, -0.1) is 0 Å². The number of rotatable bonds is 5. The number of carbonyl (C=O) groups excluding carboxylic acids is 1. The van der Waals surface area contributed by atoms with Gasteiger partial charge in [-0.25, -0.2) is 4.68 Å². The fourth-order valence-corrected chi connectivity index (χ4v) is 3.77. The number of nitrogens with zero attached hydrogens (tertiary/aromatic N) is 3. The number of amides is 1. The first-order valence-electron chi connectivity index (χ1n) is 9.34. The summed E-state index contributed by atoms with van der Waals surface area (Å²) in [6.45, 7) is 0.736. The second kappa shape index (κ2) is 7.76. The molecule has 1 fully saturated rings. The van der Waals surface area contributed by atoms with Crippen LogP contribution < -0.4 is 9.47 Å². The first-order chi connectivity index (χ1) is 13.7. The highest BCUT2D eigenvalue weighted by Crippen LogP contribution is 2.39. The number of aromatic nitrogens is 2. The normalized spacial score (nSPS) is 16.2. The van der Waals surface area contributed by atoms with E-state index in [0.29, 0.717) is 5.56 Å². The van der Waals surface area contributed by atoms with E-state index in [1.165, 1.54) is 0 Å². The zero-order valence-corrected chi connectivity index (χ0v) is 16.0. The maximum atomic E-state index is 13.2. The summed E-state index contributed by atoms with van der Waals surface area (Å²) in [4.78, 5) is 15.1. The predicted octanol–water partition coefficient (Wildman–Crippen LogP) is 3.87. The van der Waals surface area contributed by atoms with E-state index in [1.54, 1.807) is 25.1 Å². The van der Waals surface area contributed by atoms with Gasteiger partial charge in [0.2, 0.25) is 0 Å². The molecule has 0 spiro atoms. The van der Waals surface area contributed by atoms with Crippen LogP contribution in [0.25, 0.3) is 5.69 Å². The molecular weight excluding hydrogens is 354 g/mol. The molecule has 0 aliphatic carbocycles. The first-order valence-corrected chi connectivity index (χ1v) is 9.34. The van der Waals surface area contributed by atoms with Gasteiger partial charge in [0.15, 0.2) is 0 Å². The highest BCUT2D eigenvalue weighted by atomic mass is 16.5. The molecule has 1 saturated heterocycles. The van der Waals surface area contributed by atoms with Crippen molar-refractivity contribution in [1.82, 2.24) is 14.7 Å². The van der Waals surface area contributed by atoms with Crippen LogP contribution in [-0.2, 0) is 0 Å². The van der Waals surface area contributed by atoms with Gasteiger partial charge in [0, 0.05) is 36.1 Å². The molecule has 1 aliphatic rings. The standard InChI is InChI=1S/C22H23N3O3/c1-27-18-10-11-19(21(15-18)28-2)20-5-3-13-24(20)22(26)16-6-8-17(9-7-16)25-14-4-12-23-25/h4,6-12,14-15,20H,3,5,13H2,1-2H3. The zero-order valence-electron chi connectivity index (χ0n) is 16.0. The predicted molar refractivity (Wildman–Crippen MR) is 106 cm³/mol. The summed E-state index contributed by atoms with van der Waals surface area (Å²) in [6, 6.07) is 15.2. The van der Waals surface area contributed by atoms with Gasteiger partial charge in [-0.1, -0.05) is 0 Å². The summed E-state index contributed by atoms with van der Waals surface area (Å²) in [5.74, 6) is 1.52. The van der Waals surface area contributed by atoms with E-state index in [1.807, 2.05) is 59.6 Å². The largest absolute Gasteiger partial charge is 0.497 e. The Morgan fingerprint density at radius 3 is 2.61 bits per heavy atom. The van der Waals surface area contributed by atoms with Crippen molar-refractivity contribution < 1.29 is 14.3 Å². The molecule has 2 heterocycles. The fraction of sp³-hybridized carbons (Fsp3) is 0.273. The van der Waals surface area contributed by atoms with Crippen molar-refractivity contribution in [2.24, 2.45) is 0 Å². The summed E-state index contributed by atoms with van der Waals surface area (Å²) < 4.78 is 12.6. The lowest BCUT2D eigenvalue weighted by atomic mass is 10.0. The Morgan fingerprint density at radius 2 is 1.93 bits per heavy atom. The fourth-order valence-electron chi connectivity index (χ4n) is 3.77. The molecule has 0 bridgehead atoms. The van der Waals surface area contributed by atoms with Gasteiger partial charge in [-0.3, -0.25) is 4.79 Å². The molecule has 1 amide bonds. The van der Waals surface area contributed by atoms with Crippen LogP contribution in [0.15, 0.2) is 60.9 Å². The molecular formula is C22H23N3O3. The van der Waals surface area contributed by atoms with Crippen LogP contribution in [0.5, 0.6) is 11.5 Å². The van der Waals surface area contributed by atoms with E-state index in [4.69, 9.17) is 9.47 Å². The molecule has 28 heavy (non-hydrogen) atoms. The smallest absolute Gasteiger partial charge is 0.254 e. The lowest BCUT2D eigenvalue weighted by molar-refractivity contribution is 0.0734. The summed E-state index contributed by atoms with van der Waals surface area (Å²) >= 11 is 0. The molecule has 4 rings (SSSR count). The van der Waals surface area contributed by atoms with Crippen molar-refractivity contribution in [2.45, 2.75) is 18.9 Å². The van der Waals surface area contributed by atoms with Gasteiger partial charge in [0.1, 0.15) is 11.5 Å². The number of hydrogen-bond donors (Lipinski definition) is 0. The third-order valence-corrected chi connectivity index (χ3v) is 5.20. The van der Waals surface area contributed by atoms with E-state index >= 15 is 0 Å². The number of methoxy groups -OCH3 is 2. The SMILES string of the molecule is COc1ccc(C2CCCN2C(=O)c2ccc(-n3cccn3)cc2)c(OC)c1. The summed E-state index contributed by atoms with van der Waals surface area (Å²) in [7, 11) is 3.28. The van der Waals surface area contributed by atoms with Crippen LogP contribution in [0.4, 0.5) is 0 Å². The van der Waals surface area contributed by atoms with Crippen LogP contribution in [-0.4, -0.2) is 41.4 Å². The van der Waals surface area contributed by atoms with Gasteiger partial charge < -0.3 is 14.4 Å². The molecule has 6 heteroatoms. The summed E-state index contributed by atoms with van der Waals surface area (Å²) in [5.41, 5.74) is 2.62. The summed E-state index contributed by atoms with van der Waals surface area (Å²) in [6.07, 6.45) is 5.50. The third kappa shape index (κ3) is 3.33. The van der Waals surface area contributed by atoms with Crippen LogP contribution in [0.3, 0.4) is 0 Å². The number of likely N-dealkylation sites (tertiary alicyclic amines) is 1. The molecule has 0 radical (unpaired) electrons. The number of benzene rings is 2. The topological polar surface area (TPSA) is 56.6 Å². The van der Waals surface area contributed by atoms with Crippen molar-refractivity contribution in [3.05, 3.63) is 72.1 Å². The lowest BCUT2D eigenvalue weighted by Crippen LogP contribution is -2.30. The van der Waals surface area contributed by atoms with Gasteiger partial charge in [0.25, 0.3) is 5.91 Å². The molecule has 3 aromatic rings. The van der Waals surface area contributed by atoms with Crippen LogP contribution in [0.1, 0.15) is 34.8 Å². The Labute approximate surface area is 164 Å². The quantitative estimate of drug-likeness (QED) is 0.677. The number of hydrogen-bond acceptors (Lipinski definition) is 4. The second-order valence-electron chi connectivity index (χ2n) is 6.76. The molecule has 1 aliphatic heterocycles. The molecule has 1 unspecified atom stereocenters. The minimum absolute atomic E-state index is 0.000789. The number of carbonyl (C=O) groups is 1. The lowest BCUT2D eigenvalue weighted by Gasteiger charge is -2.26. The van der Waals surface area contributed by atoms with E-state index in [-0.39, 0.29) is 11.9 Å². The molecule has 6 nitrogen and oxygen atoms in total. The highest BCUT2D eigenvalue weighted by molar-refractivity contribution is 5.95. The Hall–Kier alpha value is -3.28. The van der Waals surface area contributed by atoms with Crippen molar-refractivity contribution >= 4 is 5.91 Å². The Bertz CT molecular complexity index is 952. The van der Waals surface area contributed by atoms with Gasteiger partial charge in [-0.2, -0.15) is 5.10 Å². The van der Waals surface area contributed by atoms with Gasteiger partial charge in [0.05, 0.1) is 25.9 Å². The second-order valence-corrected chi connectivity index (χ2v) is 6.76. The van der Waals surface area contributed by atoms with Crippen LogP contribution >= 0.6 is 0 Å². The molecule has 2 aromatic carbocycles. The van der Waals surface area contributed by atoms with Crippen molar-refractivity contribution in [3.63, 3.8) is 0 Å². The molecule has 1 aromatic heterocycles. The molecule has 0 saturated carbocycles. The number of ether oxygens (including phenoxy) is 2. The van der Waals surface area contributed by atoms with E-state index in [2.05, 4.69) is 5.10 Å². The van der Waals surface area contributed by atoms with Crippen molar-refractivity contribution in [3.8, 4) is 17.2 Å². The van der Waals surface area contributed by atoms with Crippen LogP contribution in [0, 0.1) is 0 Å². The maximum Gasteiger partial charge on any atom is 0.254 e. The maximum absolute atomic E-state index is 13.2. The third-order valence-electron chi connectivity index (χ3n) is 5.20. The first kappa shape index (κ1) is 18.1. The average Bonchev–Trinajstić information content (AvgIpc) is 3.45. The van der Waals surface area contributed by atoms with Gasteiger partial charge >= 0.3 is 0 Å². The van der Waals surface area contributed by atoms with E-state index in [9.17, 15) is 4.79 Å². The average molecular weight is 377 g/mol. The highest BCUT2D eigenvalue weighted by Gasteiger charge is 2.32. The molecule has 0 N–H and O–H groups in total. The monoisotopic (exact) mass is 377 g/mol.